The van der Waals surface area contributed by atoms with Crippen LogP contribution in [0.5, 0.6) is 5.75 Å². The summed E-state index contributed by atoms with van der Waals surface area (Å²) in [5.41, 5.74) is -0.801. The minimum absolute atomic E-state index is 0.212. The lowest BCUT2D eigenvalue weighted by Gasteiger charge is -2.34. The number of hydrogen-bond donors (Lipinski definition) is 0. The number of ether oxygens (including phenoxy) is 1. The van der Waals surface area contributed by atoms with Gasteiger partial charge in [-0.1, -0.05) is 23.5 Å². The number of anilines is 1. The molecule has 26 heavy (non-hydrogen) atoms. The fraction of sp³-hybridized carbons (Fsp3) is 0.375. The summed E-state index contributed by atoms with van der Waals surface area (Å²) in [4.78, 5) is 23.5. The number of alkyl halides is 3. The van der Waals surface area contributed by atoms with Gasteiger partial charge in [-0.15, -0.1) is 5.06 Å². The maximum absolute atomic E-state index is 13.0. The van der Waals surface area contributed by atoms with Crippen LogP contribution in [-0.4, -0.2) is 49.3 Å². The Morgan fingerprint density at radius 2 is 1.88 bits per heavy atom. The number of hydroxylamine groups is 2. The van der Waals surface area contributed by atoms with Crippen LogP contribution in [0, 0.1) is 0 Å². The maximum Gasteiger partial charge on any atom is 0.420 e. The molecule has 0 saturated carbocycles. The van der Waals surface area contributed by atoms with Crippen molar-refractivity contribution in [2.24, 2.45) is 0 Å². The Balaban J connectivity index is 1.61. The van der Waals surface area contributed by atoms with Gasteiger partial charge in [0.2, 0.25) is 0 Å². The van der Waals surface area contributed by atoms with Crippen molar-refractivity contribution in [3.8, 4) is 5.75 Å². The van der Waals surface area contributed by atoms with Crippen LogP contribution in [0.15, 0.2) is 30.5 Å². The molecule has 0 aliphatic carbocycles. The third-order valence-electron chi connectivity index (χ3n) is 3.81. The molecule has 140 valence electrons. The van der Waals surface area contributed by atoms with Crippen LogP contribution in [0.4, 0.5) is 18.3 Å². The number of rotatable bonds is 4. The van der Waals surface area contributed by atoms with Crippen molar-refractivity contribution in [3.05, 3.63) is 40.9 Å². The Labute approximate surface area is 151 Å². The summed E-state index contributed by atoms with van der Waals surface area (Å²) in [7, 11) is 1.30. The molecule has 1 saturated heterocycles. The van der Waals surface area contributed by atoms with Crippen LogP contribution in [0.3, 0.4) is 0 Å². The molecule has 0 spiro atoms. The van der Waals surface area contributed by atoms with Gasteiger partial charge in [0.05, 0.1) is 26.4 Å². The van der Waals surface area contributed by atoms with Gasteiger partial charge in [0.25, 0.3) is 0 Å². The number of aromatic nitrogens is 1. The van der Waals surface area contributed by atoms with Crippen molar-refractivity contribution in [1.29, 1.82) is 0 Å². The third kappa shape index (κ3) is 4.07. The summed E-state index contributed by atoms with van der Waals surface area (Å²) in [5, 5.41) is 2.16. The number of halogens is 3. The van der Waals surface area contributed by atoms with Gasteiger partial charge in [0.15, 0.2) is 10.9 Å². The molecule has 1 aromatic carbocycles. The summed E-state index contributed by atoms with van der Waals surface area (Å²) >= 11 is 1.22. The number of piperazine rings is 1. The predicted octanol–water partition coefficient (Wildman–Crippen LogP) is 3.06. The molecule has 0 atom stereocenters. The molecule has 0 N–H and O–H groups in total. The number of benzene rings is 1. The van der Waals surface area contributed by atoms with E-state index < -0.39 is 17.7 Å². The first-order valence-corrected chi connectivity index (χ1v) is 8.58. The van der Waals surface area contributed by atoms with E-state index in [1.165, 1.54) is 47.9 Å². The van der Waals surface area contributed by atoms with Crippen LogP contribution in [0.1, 0.15) is 15.2 Å². The molecule has 3 rings (SSSR count). The molecule has 1 aliphatic heterocycles. The van der Waals surface area contributed by atoms with Gasteiger partial charge < -0.3 is 14.5 Å². The van der Waals surface area contributed by atoms with Gasteiger partial charge in [0, 0.05) is 13.1 Å². The number of thiazole rings is 1. The molecule has 0 unspecified atom stereocenters. The van der Waals surface area contributed by atoms with Crippen molar-refractivity contribution in [3.63, 3.8) is 0 Å². The summed E-state index contributed by atoms with van der Waals surface area (Å²) in [6, 6.07) is 5.13. The average molecular weight is 387 g/mol. The number of para-hydroxylation sites is 1. The van der Waals surface area contributed by atoms with Crippen molar-refractivity contribution in [1.82, 2.24) is 10.0 Å². The fourth-order valence-electron chi connectivity index (χ4n) is 2.50. The first-order valence-electron chi connectivity index (χ1n) is 7.76. The van der Waals surface area contributed by atoms with Gasteiger partial charge in [-0.25, -0.2) is 9.78 Å². The van der Waals surface area contributed by atoms with Gasteiger partial charge >= 0.3 is 12.1 Å². The van der Waals surface area contributed by atoms with E-state index >= 15 is 0 Å². The lowest BCUT2D eigenvalue weighted by atomic mass is 10.2. The van der Waals surface area contributed by atoms with Crippen molar-refractivity contribution >= 4 is 22.4 Å². The lowest BCUT2D eigenvalue weighted by Crippen LogP contribution is -2.47. The summed E-state index contributed by atoms with van der Waals surface area (Å²) in [6.07, 6.45) is -3.02. The molecule has 10 heteroatoms. The monoisotopic (exact) mass is 387 g/mol. The highest BCUT2D eigenvalue weighted by Gasteiger charge is 2.35. The van der Waals surface area contributed by atoms with E-state index in [4.69, 9.17) is 4.84 Å². The lowest BCUT2D eigenvalue weighted by molar-refractivity contribution is -0.144. The Kier molecular flexibility index (Phi) is 5.33. The predicted molar refractivity (Wildman–Crippen MR) is 89.3 cm³/mol. The normalized spacial score (nSPS) is 15.8. The van der Waals surface area contributed by atoms with Crippen LogP contribution in [-0.2, 0) is 10.9 Å². The first-order chi connectivity index (χ1) is 12.4. The van der Waals surface area contributed by atoms with Crippen LogP contribution >= 0.6 is 11.3 Å². The smallest absolute Gasteiger partial charge is 0.420 e. The van der Waals surface area contributed by atoms with Gasteiger partial charge in [-0.05, 0) is 12.1 Å². The van der Waals surface area contributed by atoms with Gasteiger partial charge in [0.1, 0.15) is 10.4 Å². The number of methoxy groups -OCH3 is 1. The number of carbonyl (C=O) groups excluding carboxylic acids is 1. The Hall–Kier alpha value is -2.33. The van der Waals surface area contributed by atoms with Crippen molar-refractivity contribution in [2.45, 2.75) is 6.18 Å². The zero-order valence-corrected chi connectivity index (χ0v) is 14.6. The molecule has 1 fully saturated rings. The van der Waals surface area contributed by atoms with Gasteiger partial charge in [-0.3, -0.25) is 0 Å². The molecule has 6 nitrogen and oxygen atoms in total. The summed E-state index contributed by atoms with van der Waals surface area (Å²) < 4.78 is 43.7. The number of esters is 1. The molecule has 1 aromatic heterocycles. The Bertz CT molecular complexity index is 773. The fourth-order valence-corrected chi connectivity index (χ4v) is 3.38. The molecule has 1 aliphatic rings. The van der Waals surface area contributed by atoms with Crippen molar-refractivity contribution < 1.29 is 27.5 Å². The molecular formula is C16H16F3N3O3S. The molecule has 0 amide bonds. The number of carbonyl (C=O) groups is 1. The summed E-state index contributed by atoms with van der Waals surface area (Å²) in [5.74, 6) is -0.657. The highest BCUT2D eigenvalue weighted by molar-refractivity contribution is 7.17. The largest absolute Gasteiger partial charge is 0.465 e. The molecular weight excluding hydrogens is 371 g/mol. The molecule has 2 heterocycles. The van der Waals surface area contributed by atoms with E-state index in [1.54, 1.807) is 0 Å². The minimum Gasteiger partial charge on any atom is -0.465 e. The second-order valence-electron chi connectivity index (χ2n) is 5.50. The molecule has 0 bridgehead atoms. The zero-order chi connectivity index (χ0) is 18.7. The zero-order valence-electron chi connectivity index (χ0n) is 13.8. The Morgan fingerprint density at radius 1 is 1.19 bits per heavy atom. The standard InChI is InChI=1S/C16H16F3N3O3S/c1-24-14(23)13-10-20-15(26-13)21-6-8-22(9-7-21)25-12-5-3-2-4-11(12)16(17,18)19/h2-5,10H,6-9H2,1H3. The average Bonchev–Trinajstić information content (AvgIpc) is 3.11. The highest BCUT2D eigenvalue weighted by atomic mass is 32.1. The maximum atomic E-state index is 13.0. The Morgan fingerprint density at radius 3 is 2.54 bits per heavy atom. The van der Waals surface area contributed by atoms with E-state index in [1.807, 2.05) is 4.90 Å². The quantitative estimate of drug-likeness (QED) is 0.752. The van der Waals surface area contributed by atoms with Gasteiger partial charge in [-0.2, -0.15) is 13.2 Å². The second-order valence-corrected chi connectivity index (χ2v) is 6.51. The third-order valence-corrected chi connectivity index (χ3v) is 4.85. The highest BCUT2D eigenvalue weighted by Crippen LogP contribution is 2.36. The minimum atomic E-state index is -4.47. The first kappa shape index (κ1) is 18.5. The van der Waals surface area contributed by atoms with Crippen LogP contribution in [0.25, 0.3) is 0 Å². The van der Waals surface area contributed by atoms with E-state index in [0.29, 0.717) is 36.2 Å². The van der Waals surface area contributed by atoms with Crippen molar-refractivity contribution in [2.75, 3.05) is 38.2 Å². The van der Waals surface area contributed by atoms with E-state index in [0.717, 1.165) is 6.07 Å². The number of hydrogen-bond acceptors (Lipinski definition) is 7. The number of nitrogens with zero attached hydrogens (tertiary/aromatic N) is 3. The van der Waals surface area contributed by atoms with E-state index in [-0.39, 0.29) is 5.75 Å². The molecule has 0 radical (unpaired) electrons. The van der Waals surface area contributed by atoms with Crippen LogP contribution < -0.4 is 9.74 Å². The van der Waals surface area contributed by atoms with Crippen LogP contribution in [0.2, 0.25) is 0 Å². The summed E-state index contributed by atoms with van der Waals surface area (Å²) in [6.45, 7) is 1.84. The molecule has 2 aromatic rings. The second kappa shape index (κ2) is 7.50. The van der Waals surface area contributed by atoms with E-state index in [9.17, 15) is 18.0 Å². The van der Waals surface area contributed by atoms with E-state index in [2.05, 4.69) is 9.72 Å². The topological polar surface area (TPSA) is 54.9 Å². The SMILES string of the molecule is COC(=O)c1cnc(N2CCN(Oc3ccccc3C(F)(F)F)CC2)s1.